The first-order valence-corrected chi connectivity index (χ1v) is 12.2. The van der Waals surface area contributed by atoms with Gasteiger partial charge in [-0.2, -0.15) is 0 Å². The predicted molar refractivity (Wildman–Crippen MR) is 138 cm³/mol. The average Bonchev–Trinajstić information content (AvgIpc) is 2.88. The van der Waals surface area contributed by atoms with Crippen LogP contribution in [0.25, 0.3) is 0 Å². The van der Waals surface area contributed by atoms with Gasteiger partial charge < -0.3 is 20.9 Å². The zero-order valence-corrected chi connectivity index (χ0v) is 20.2. The number of amides is 1. The standard InChI is InChI=1S/C29H35FN2O3/c1-2-3-19-35-28(27(21-11-6-4-7-12-21)22-13-8-5-9-14-22)29(34)32-26-16-10-15-25(30)24(26)18-17-23(31)20-33/h4-16,23,27-28,33H,2-3,17-20,31H2,1H3,(H,32,34)/t23-,28?/m0/s1. The van der Waals surface area contributed by atoms with E-state index < -0.39 is 18.0 Å². The van der Waals surface area contributed by atoms with Crippen molar-refractivity contribution in [1.29, 1.82) is 0 Å². The molecule has 0 aliphatic carbocycles. The van der Waals surface area contributed by atoms with E-state index >= 15 is 0 Å². The molecule has 0 saturated heterocycles. The Kier molecular flexibility index (Phi) is 10.4. The van der Waals surface area contributed by atoms with Crippen LogP contribution in [0, 0.1) is 5.82 Å². The number of halogens is 1. The summed E-state index contributed by atoms with van der Waals surface area (Å²) in [4.78, 5) is 13.7. The first-order chi connectivity index (χ1) is 17.0. The highest BCUT2D eigenvalue weighted by atomic mass is 19.1. The molecule has 4 N–H and O–H groups in total. The van der Waals surface area contributed by atoms with Crippen molar-refractivity contribution in [2.75, 3.05) is 18.5 Å². The number of ether oxygens (including phenoxy) is 1. The number of rotatable bonds is 13. The molecule has 1 unspecified atom stereocenters. The van der Waals surface area contributed by atoms with E-state index in [0.717, 1.165) is 24.0 Å². The van der Waals surface area contributed by atoms with Gasteiger partial charge in [0, 0.05) is 29.8 Å². The fourth-order valence-electron chi connectivity index (χ4n) is 4.10. The van der Waals surface area contributed by atoms with E-state index in [1.54, 1.807) is 12.1 Å². The molecule has 3 aromatic rings. The highest BCUT2D eigenvalue weighted by Crippen LogP contribution is 2.31. The zero-order valence-electron chi connectivity index (χ0n) is 20.2. The number of aliphatic hydroxyl groups excluding tert-OH is 1. The van der Waals surface area contributed by atoms with Crippen LogP contribution in [0.15, 0.2) is 78.9 Å². The van der Waals surface area contributed by atoms with Crippen molar-refractivity contribution in [2.24, 2.45) is 5.73 Å². The third-order valence-electron chi connectivity index (χ3n) is 6.05. The minimum atomic E-state index is -0.817. The summed E-state index contributed by atoms with van der Waals surface area (Å²) in [7, 11) is 0. The minimum Gasteiger partial charge on any atom is -0.395 e. The second-order valence-electron chi connectivity index (χ2n) is 8.68. The van der Waals surface area contributed by atoms with Crippen molar-refractivity contribution in [1.82, 2.24) is 0 Å². The Hall–Kier alpha value is -3.06. The van der Waals surface area contributed by atoms with Crippen molar-refractivity contribution in [2.45, 2.75) is 50.7 Å². The van der Waals surface area contributed by atoms with Gasteiger partial charge in [-0.3, -0.25) is 4.79 Å². The van der Waals surface area contributed by atoms with E-state index in [4.69, 9.17) is 10.5 Å². The Labute approximate surface area is 207 Å². The van der Waals surface area contributed by atoms with E-state index in [1.165, 1.54) is 6.07 Å². The molecular formula is C29H35FN2O3. The van der Waals surface area contributed by atoms with Crippen LogP contribution >= 0.6 is 0 Å². The van der Waals surface area contributed by atoms with Crippen molar-refractivity contribution in [3.8, 4) is 0 Å². The summed E-state index contributed by atoms with van der Waals surface area (Å²) in [5.41, 5.74) is 8.51. The summed E-state index contributed by atoms with van der Waals surface area (Å²) in [6.45, 7) is 2.33. The molecule has 0 spiro atoms. The monoisotopic (exact) mass is 478 g/mol. The quantitative estimate of drug-likeness (QED) is 0.301. The number of anilines is 1. The van der Waals surface area contributed by atoms with Gasteiger partial charge in [-0.05, 0) is 42.5 Å². The van der Waals surface area contributed by atoms with Gasteiger partial charge in [-0.1, -0.05) is 80.1 Å². The molecule has 0 fully saturated rings. The highest BCUT2D eigenvalue weighted by Gasteiger charge is 2.32. The summed E-state index contributed by atoms with van der Waals surface area (Å²) in [5.74, 6) is -1.09. The molecule has 0 aliphatic rings. The van der Waals surface area contributed by atoms with Crippen LogP contribution in [-0.2, 0) is 16.0 Å². The summed E-state index contributed by atoms with van der Waals surface area (Å²) >= 11 is 0. The molecular weight excluding hydrogens is 443 g/mol. The van der Waals surface area contributed by atoms with Crippen LogP contribution in [0.4, 0.5) is 10.1 Å². The van der Waals surface area contributed by atoms with Crippen LogP contribution in [0.5, 0.6) is 0 Å². The molecule has 3 rings (SSSR count). The van der Waals surface area contributed by atoms with Gasteiger partial charge in [0.2, 0.25) is 0 Å². The summed E-state index contributed by atoms with van der Waals surface area (Å²) < 4.78 is 20.9. The van der Waals surface area contributed by atoms with E-state index in [1.807, 2.05) is 60.7 Å². The van der Waals surface area contributed by atoms with E-state index in [-0.39, 0.29) is 18.4 Å². The largest absolute Gasteiger partial charge is 0.395 e. The molecule has 186 valence electrons. The predicted octanol–water partition coefficient (Wildman–Crippen LogP) is 5.03. The molecule has 0 aliphatic heterocycles. The maximum absolute atomic E-state index is 14.7. The molecule has 1 amide bonds. The third-order valence-corrected chi connectivity index (χ3v) is 6.05. The molecule has 5 nitrogen and oxygen atoms in total. The van der Waals surface area contributed by atoms with Crippen molar-refractivity contribution in [3.63, 3.8) is 0 Å². The van der Waals surface area contributed by atoms with E-state index in [0.29, 0.717) is 30.7 Å². The summed E-state index contributed by atoms with van der Waals surface area (Å²) in [6.07, 6.45) is 1.64. The first-order valence-electron chi connectivity index (χ1n) is 12.2. The smallest absolute Gasteiger partial charge is 0.254 e. The minimum absolute atomic E-state index is 0.181. The lowest BCUT2D eigenvalue weighted by molar-refractivity contribution is -0.128. The Balaban J connectivity index is 1.95. The number of benzene rings is 3. The lowest BCUT2D eigenvalue weighted by atomic mass is 9.86. The molecule has 0 saturated carbocycles. The summed E-state index contributed by atoms with van der Waals surface area (Å²) in [5, 5.41) is 12.2. The second kappa shape index (κ2) is 13.7. The Morgan fingerprint density at radius 2 is 1.63 bits per heavy atom. The van der Waals surface area contributed by atoms with Crippen LogP contribution in [0.1, 0.15) is 48.8 Å². The molecule has 0 aromatic heterocycles. The number of carbonyl (C=O) groups is 1. The van der Waals surface area contributed by atoms with Crippen molar-refractivity contribution in [3.05, 3.63) is 101 Å². The zero-order chi connectivity index (χ0) is 25.0. The molecule has 35 heavy (non-hydrogen) atoms. The Morgan fingerprint density at radius 3 is 2.20 bits per heavy atom. The number of aliphatic hydroxyl groups is 1. The third kappa shape index (κ3) is 7.46. The van der Waals surface area contributed by atoms with Gasteiger partial charge in [0.05, 0.1) is 6.61 Å². The van der Waals surface area contributed by atoms with Crippen LogP contribution in [0.3, 0.4) is 0 Å². The van der Waals surface area contributed by atoms with Crippen LogP contribution in [0.2, 0.25) is 0 Å². The molecule has 3 aromatic carbocycles. The molecule has 0 bridgehead atoms. The second-order valence-corrected chi connectivity index (χ2v) is 8.68. The number of carbonyl (C=O) groups excluding carboxylic acids is 1. The lowest BCUT2D eigenvalue weighted by Crippen LogP contribution is -2.37. The normalized spacial score (nSPS) is 12.9. The fourth-order valence-corrected chi connectivity index (χ4v) is 4.10. The highest BCUT2D eigenvalue weighted by molar-refractivity contribution is 5.96. The van der Waals surface area contributed by atoms with E-state index in [9.17, 15) is 14.3 Å². The van der Waals surface area contributed by atoms with Gasteiger partial charge in [-0.15, -0.1) is 0 Å². The van der Waals surface area contributed by atoms with Gasteiger partial charge in [0.15, 0.2) is 0 Å². The number of hydrogen-bond acceptors (Lipinski definition) is 4. The molecule has 0 heterocycles. The molecule has 6 heteroatoms. The topological polar surface area (TPSA) is 84.6 Å². The number of hydrogen-bond donors (Lipinski definition) is 3. The van der Waals surface area contributed by atoms with Crippen molar-refractivity contribution >= 4 is 11.6 Å². The van der Waals surface area contributed by atoms with Gasteiger partial charge in [0.1, 0.15) is 11.9 Å². The van der Waals surface area contributed by atoms with Crippen molar-refractivity contribution < 1.29 is 19.0 Å². The number of nitrogens with two attached hydrogens (primary N) is 1. The van der Waals surface area contributed by atoms with Gasteiger partial charge in [-0.25, -0.2) is 4.39 Å². The number of nitrogens with one attached hydrogen (secondary N) is 1. The molecule has 2 atom stereocenters. The first kappa shape index (κ1) is 26.5. The average molecular weight is 479 g/mol. The number of unbranched alkanes of at least 4 members (excludes halogenated alkanes) is 1. The van der Waals surface area contributed by atoms with Gasteiger partial charge >= 0.3 is 0 Å². The Morgan fingerprint density at radius 1 is 1.00 bits per heavy atom. The molecule has 0 radical (unpaired) electrons. The van der Waals surface area contributed by atoms with E-state index in [2.05, 4.69) is 12.2 Å². The Bertz CT molecular complexity index is 1010. The summed E-state index contributed by atoms with van der Waals surface area (Å²) in [6, 6.07) is 23.8. The lowest BCUT2D eigenvalue weighted by Gasteiger charge is -2.28. The fraction of sp³-hybridized carbons (Fsp3) is 0.345. The maximum atomic E-state index is 14.7. The van der Waals surface area contributed by atoms with Gasteiger partial charge in [0.25, 0.3) is 5.91 Å². The maximum Gasteiger partial charge on any atom is 0.254 e. The van der Waals surface area contributed by atoms with Crippen LogP contribution in [-0.4, -0.2) is 36.4 Å². The SMILES string of the molecule is CCCCOC(C(=O)Nc1cccc(F)c1CC[C@H](N)CO)C(c1ccccc1)c1ccccc1. The van der Waals surface area contributed by atoms with Crippen LogP contribution < -0.4 is 11.1 Å².